The number of fused-ring (bicyclic) bond motifs is 3. The van der Waals surface area contributed by atoms with E-state index in [1.807, 2.05) is 39.0 Å². The standard InChI is InChI=1S/C53H76N10O10.3C7H8O3S/c1-3-4-5-6-9-25-73-40-21-18-34-26-36(17-16-35(34)27-40)47(66)58-41-12-10-24-57-50(69)44-28-37(55)30-62(44)52(71)43(11-7-8-23-54)60-48(67)42(22-15-33-13-19-39(65)20-14-33)59-51(70)45-29-38(56)31-63(45)53(72)46(32(2)64)61-49(41)68;3*1-6-2-4-7(5-3-6)11(8,9)10/h13-14,16-21,26-27,32,37-38,41-46,64-65H,3-12,15,22-25,28-31,54-56H2,1-2H3,(H,57,69)(H,58,66)(H,59,70)(H,60,67)(H,61,68);3*2-5H,1H3,(H,8,9,10)/t32-,37+,38+,41+,42+,43+,44+,45+,46+;;;/m1.../s1. The molecule has 0 aliphatic carbocycles. The summed E-state index contributed by atoms with van der Waals surface area (Å²) in [6.45, 7) is 9.87. The molecule has 0 radical (unpaired) electrons. The molecule has 578 valence electrons. The molecule has 3 aliphatic heterocycles. The van der Waals surface area contributed by atoms with Gasteiger partial charge < -0.3 is 68.5 Å². The van der Waals surface area contributed by atoms with Crippen LogP contribution in [0.25, 0.3) is 10.8 Å². The van der Waals surface area contributed by atoms with Crippen molar-refractivity contribution in [2.45, 2.75) is 194 Å². The molecule has 3 heterocycles. The van der Waals surface area contributed by atoms with Crippen LogP contribution in [0.5, 0.6) is 11.5 Å². The van der Waals surface area contributed by atoms with Crippen LogP contribution >= 0.6 is 0 Å². The van der Waals surface area contributed by atoms with Crippen LogP contribution in [0.1, 0.15) is 130 Å². The molecule has 16 N–H and O–H groups in total. The normalized spacial score (nSPS) is 20.9. The Balaban J connectivity index is 0.000000430. The average molecular weight is 1530 g/mol. The number of carbonyl (C=O) groups is 7. The summed E-state index contributed by atoms with van der Waals surface area (Å²) in [5, 5.41) is 36.5. The number of nitrogens with zero attached hydrogens (tertiary/aromatic N) is 2. The fourth-order valence-corrected chi connectivity index (χ4v) is 13.3. The number of hydrogen-bond donors (Lipinski definition) is 13. The molecular formula is C74H100N10O19S3. The lowest BCUT2D eigenvalue weighted by molar-refractivity contribution is -0.144. The molecule has 0 saturated carbocycles. The van der Waals surface area contributed by atoms with Gasteiger partial charge >= 0.3 is 0 Å². The number of unbranched alkanes of at least 4 members (excludes halogenated alkanes) is 5. The van der Waals surface area contributed by atoms with E-state index >= 15 is 0 Å². The lowest BCUT2D eigenvalue weighted by Gasteiger charge is -2.32. The molecule has 29 nitrogen and oxygen atoms in total. The molecule has 6 aromatic rings. The van der Waals surface area contributed by atoms with E-state index in [0.717, 1.165) is 52.3 Å². The number of aliphatic hydroxyl groups is 1. The van der Waals surface area contributed by atoms with Crippen LogP contribution in [0.15, 0.2) is 148 Å². The van der Waals surface area contributed by atoms with Crippen molar-refractivity contribution in [2.75, 3.05) is 32.8 Å². The maximum Gasteiger partial charge on any atom is 0.294 e. The van der Waals surface area contributed by atoms with Gasteiger partial charge in [-0.2, -0.15) is 25.3 Å². The summed E-state index contributed by atoms with van der Waals surface area (Å²) in [6.07, 6.45) is 5.79. The van der Waals surface area contributed by atoms with Gasteiger partial charge in [0, 0.05) is 37.3 Å². The second-order valence-electron chi connectivity index (χ2n) is 26.7. The van der Waals surface area contributed by atoms with Crippen molar-refractivity contribution in [1.29, 1.82) is 0 Å². The van der Waals surface area contributed by atoms with Gasteiger partial charge in [-0.25, -0.2) is 0 Å². The monoisotopic (exact) mass is 1530 g/mol. The Bertz CT molecular complexity index is 4110. The number of ether oxygens (including phenoxy) is 1. The number of aryl methyl sites for hydroxylation is 4. The van der Waals surface area contributed by atoms with E-state index in [0.29, 0.717) is 31.7 Å². The fourth-order valence-electron chi connectivity index (χ4n) is 11.9. The smallest absolute Gasteiger partial charge is 0.294 e. The Morgan fingerprint density at radius 1 is 0.585 bits per heavy atom. The van der Waals surface area contributed by atoms with Crippen LogP contribution in [-0.4, -0.2) is 187 Å². The Morgan fingerprint density at radius 3 is 1.60 bits per heavy atom. The minimum Gasteiger partial charge on any atom is -0.508 e. The van der Waals surface area contributed by atoms with Crippen LogP contribution in [-0.2, 0) is 65.5 Å². The average Bonchev–Trinajstić information content (AvgIpc) is 1.60. The SMILES string of the molecule is CCCCCCCOc1ccc2cc(C(=O)N[C@H]3CCCNC(=O)[C@@H]4C[C@H](N)CN4C(=O)[C@H](CCCCN)NC(=O)[C@H](CCc4ccc(O)cc4)NC(=O)[C@@H]4C[C@H](N)CN4C(=O)[C@H]([C@@H](C)O)NC3=O)ccc2c1.Cc1ccc(S(=O)(=O)O)cc1.Cc1ccc(S(=O)(=O)O)cc1.Cc1ccc(S(=O)(=O)O)cc1. The van der Waals surface area contributed by atoms with Crippen molar-refractivity contribution < 1.29 is 87.4 Å². The van der Waals surface area contributed by atoms with Crippen LogP contribution in [0.4, 0.5) is 0 Å². The maximum atomic E-state index is 14.5. The first-order valence-electron chi connectivity index (χ1n) is 35.1. The molecule has 106 heavy (non-hydrogen) atoms. The number of rotatable bonds is 20. The third-order valence-corrected chi connectivity index (χ3v) is 20.5. The molecule has 7 amide bonds. The van der Waals surface area contributed by atoms with Crippen LogP contribution in [0, 0.1) is 20.8 Å². The number of nitrogens with two attached hydrogens (primary N) is 3. The van der Waals surface area contributed by atoms with Gasteiger partial charge in [-0.05, 0) is 188 Å². The van der Waals surface area contributed by atoms with Gasteiger partial charge in [0.1, 0.15) is 47.8 Å². The molecule has 0 unspecified atom stereocenters. The molecule has 6 aromatic carbocycles. The number of carbonyl (C=O) groups excluding carboxylic acids is 7. The van der Waals surface area contributed by atoms with Gasteiger partial charge in [0.25, 0.3) is 36.3 Å². The lowest BCUT2D eigenvalue weighted by Crippen LogP contribution is -2.61. The zero-order chi connectivity index (χ0) is 78.1. The number of nitrogens with one attached hydrogen (secondary N) is 5. The number of aliphatic hydroxyl groups excluding tert-OH is 1. The van der Waals surface area contributed by atoms with E-state index in [2.05, 4.69) is 33.5 Å². The van der Waals surface area contributed by atoms with E-state index in [-0.39, 0.29) is 90.6 Å². The summed E-state index contributed by atoms with van der Waals surface area (Å²) in [5.41, 5.74) is 22.4. The number of phenols is 1. The van der Waals surface area contributed by atoms with Crippen molar-refractivity contribution >= 4 is 82.5 Å². The summed E-state index contributed by atoms with van der Waals surface area (Å²) >= 11 is 0. The van der Waals surface area contributed by atoms with Gasteiger partial charge in [-0.3, -0.25) is 47.2 Å². The third kappa shape index (κ3) is 27.1. The first-order chi connectivity index (χ1) is 50.1. The van der Waals surface area contributed by atoms with E-state index in [9.17, 15) is 69.0 Å². The minimum atomic E-state index is -4.02. The largest absolute Gasteiger partial charge is 0.508 e. The summed E-state index contributed by atoms with van der Waals surface area (Å²) in [4.78, 5) is 102. The molecular weight excluding hydrogens is 1430 g/mol. The van der Waals surface area contributed by atoms with Crippen molar-refractivity contribution in [3.8, 4) is 11.5 Å². The minimum absolute atomic E-state index is 0.0138. The highest BCUT2D eigenvalue weighted by Gasteiger charge is 2.45. The van der Waals surface area contributed by atoms with Crippen molar-refractivity contribution in [1.82, 2.24) is 36.4 Å². The highest BCUT2D eigenvalue weighted by Crippen LogP contribution is 2.26. The van der Waals surface area contributed by atoms with Gasteiger partial charge in [0.2, 0.25) is 35.4 Å². The summed E-state index contributed by atoms with van der Waals surface area (Å²) < 4.78 is 94.6. The van der Waals surface area contributed by atoms with Crippen molar-refractivity contribution in [2.24, 2.45) is 17.2 Å². The number of hydrogen-bond acceptors (Lipinski definition) is 19. The number of phenolic OH excluding ortho intramolecular Hbond substituents is 1. The predicted molar refractivity (Wildman–Crippen MR) is 398 cm³/mol. The molecule has 9 atom stereocenters. The summed E-state index contributed by atoms with van der Waals surface area (Å²) in [7, 11) is -12.1. The van der Waals surface area contributed by atoms with Crippen molar-refractivity contribution in [3.63, 3.8) is 0 Å². The van der Waals surface area contributed by atoms with Gasteiger partial charge in [-0.15, -0.1) is 0 Å². The molecule has 3 fully saturated rings. The molecule has 0 bridgehead atoms. The molecule has 0 aromatic heterocycles. The third-order valence-electron chi connectivity index (χ3n) is 17.9. The van der Waals surface area contributed by atoms with Crippen molar-refractivity contribution in [3.05, 3.63) is 161 Å². The van der Waals surface area contributed by atoms with Crippen LogP contribution < -0.4 is 48.5 Å². The Labute approximate surface area is 619 Å². The van der Waals surface area contributed by atoms with E-state index in [1.54, 1.807) is 66.7 Å². The number of aromatic hydroxyl groups is 1. The van der Waals surface area contributed by atoms with Gasteiger partial charge in [-0.1, -0.05) is 110 Å². The fraction of sp³-hybridized carbons (Fsp3) is 0.446. The zero-order valence-corrected chi connectivity index (χ0v) is 62.6. The quantitative estimate of drug-likeness (QED) is 0.0350. The van der Waals surface area contributed by atoms with Gasteiger partial charge in [0.05, 0.1) is 27.4 Å². The maximum absolute atomic E-state index is 14.5. The topological polar surface area (TPSA) is 477 Å². The Morgan fingerprint density at radius 2 is 1.08 bits per heavy atom. The summed E-state index contributed by atoms with van der Waals surface area (Å²) in [6, 6.07) is 26.3. The second-order valence-corrected chi connectivity index (χ2v) is 30.9. The Kier molecular flexibility index (Phi) is 33.0. The second kappa shape index (κ2) is 40.7. The number of benzene rings is 6. The molecule has 32 heteroatoms. The molecule has 3 aliphatic rings. The first-order valence-corrected chi connectivity index (χ1v) is 39.5. The van der Waals surface area contributed by atoms with Crippen LogP contribution in [0.2, 0.25) is 0 Å². The van der Waals surface area contributed by atoms with E-state index in [1.165, 1.54) is 78.1 Å². The highest BCUT2D eigenvalue weighted by molar-refractivity contribution is 7.86. The van der Waals surface area contributed by atoms with Crippen LogP contribution in [0.3, 0.4) is 0 Å². The zero-order valence-electron chi connectivity index (χ0n) is 60.1. The van der Waals surface area contributed by atoms with E-state index < -0.39 is 126 Å². The Hall–Kier alpha value is -8.96. The molecule has 9 rings (SSSR count). The number of amides is 7. The summed E-state index contributed by atoms with van der Waals surface area (Å²) in [5.74, 6) is -3.93. The highest BCUT2D eigenvalue weighted by atomic mass is 32.2. The molecule has 3 saturated heterocycles. The van der Waals surface area contributed by atoms with Gasteiger partial charge in [0.15, 0.2) is 0 Å². The van der Waals surface area contributed by atoms with E-state index in [4.69, 9.17) is 35.6 Å². The molecule has 0 spiro atoms. The predicted octanol–water partition coefficient (Wildman–Crippen LogP) is 5.08. The first kappa shape index (κ1) is 86.0. The lowest BCUT2D eigenvalue weighted by atomic mass is 10.0.